The Labute approximate surface area is 147 Å². The van der Waals surface area contributed by atoms with E-state index in [1.165, 1.54) is 0 Å². The van der Waals surface area contributed by atoms with Crippen molar-refractivity contribution in [2.24, 2.45) is 17.3 Å². The number of esters is 2. The van der Waals surface area contributed by atoms with Gasteiger partial charge in [-0.3, -0.25) is 14.4 Å². The molecular formula is C21H22O4. The highest BCUT2D eigenvalue weighted by molar-refractivity contribution is 6.08. The van der Waals surface area contributed by atoms with Gasteiger partial charge < -0.3 is 4.74 Å². The maximum Gasteiger partial charge on any atom is 0.322 e. The zero-order valence-electron chi connectivity index (χ0n) is 14.8. The minimum Gasteiger partial charge on any atom is -0.392 e. The summed E-state index contributed by atoms with van der Waals surface area (Å²) in [6, 6.07) is 8.08. The van der Waals surface area contributed by atoms with Crippen LogP contribution in [0.4, 0.5) is 0 Å². The quantitative estimate of drug-likeness (QED) is 0.581. The summed E-state index contributed by atoms with van der Waals surface area (Å²) in [6.07, 6.45) is 1.87. The molecule has 4 nitrogen and oxygen atoms in total. The Bertz CT molecular complexity index is 813. The Hall–Kier alpha value is -2.23. The lowest BCUT2D eigenvalue weighted by Crippen LogP contribution is -2.39. The molecule has 4 rings (SSSR count). The molecule has 1 heterocycles. The van der Waals surface area contributed by atoms with Crippen LogP contribution in [0.1, 0.15) is 50.2 Å². The van der Waals surface area contributed by atoms with E-state index in [1.54, 1.807) is 0 Å². The van der Waals surface area contributed by atoms with Crippen molar-refractivity contribution < 1.29 is 19.1 Å². The number of aryl methyl sites for hydroxylation is 1. The zero-order valence-corrected chi connectivity index (χ0v) is 14.8. The summed E-state index contributed by atoms with van der Waals surface area (Å²) in [5, 5.41) is 0. The van der Waals surface area contributed by atoms with Gasteiger partial charge in [0.2, 0.25) is 0 Å². The third-order valence-corrected chi connectivity index (χ3v) is 5.82. The van der Waals surface area contributed by atoms with E-state index in [-0.39, 0.29) is 17.1 Å². The fourth-order valence-electron chi connectivity index (χ4n) is 4.78. The van der Waals surface area contributed by atoms with Gasteiger partial charge in [-0.1, -0.05) is 49.2 Å². The largest absolute Gasteiger partial charge is 0.392 e. The average Bonchev–Trinajstić information content (AvgIpc) is 2.81. The van der Waals surface area contributed by atoms with Crippen molar-refractivity contribution in [1.82, 2.24) is 0 Å². The molecular weight excluding hydrogens is 316 g/mol. The second-order valence-corrected chi connectivity index (χ2v) is 8.42. The Morgan fingerprint density at radius 3 is 2.36 bits per heavy atom. The van der Waals surface area contributed by atoms with Gasteiger partial charge in [0, 0.05) is 17.9 Å². The number of Topliss-reactive ketones (excluding diaryl/α,β-unsaturated/α-hetero) is 1. The summed E-state index contributed by atoms with van der Waals surface area (Å²) in [6.45, 7) is 6.18. The molecule has 0 amide bonds. The van der Waals surface area contributed by atoms with Crippen LogP contribution in [0.3, 0.4) is 0 Å². The molecule has 0 spiro atoms. The fourth-order valence-corrected chi connectivity index (χ4v) is 4.78. The van der Waals surface area contributed by atoms with Gasteiger partial charge >= 0.3 is 11.9 Å². The summed E-state index contributed by atoms with van der Waals surface area (Å²) in [7, 11) is 0. The maximum atomic E-state index is 12.7. The van der Waals surface area contributed by atoms with Gasteiger partial charge in [0.05, 0.1) is 11.8 Å². The maximum absolute atomic E-state index is 12.7. The number of cyclic esters (lactones) is 2. The second-order valence-electron chi connectivity index (χ2n) is 8.42. The van der Waals surface area contributed by atoms with Crippen LogP contribution in [-0.2, 0) is 19.1 Å². The van der Waals surface area contributed by atoms with E-state index in [2.05, 4.69) is 13.8 Å². The molecule has 0 saturated carbocycles. The van der Waals surface area contributed by atoms with Crippen LogP contribution in [0, 0.1) is 24.2 Å². The molecule has 1 saturated heterocycles. The van der Waals surface area contributed by atoms with Gasteiger partial charge in [-0.15, -0.1) is 0 Å². The first kappa shape index (κ1) is 16.2. The molecule has 130 valence electrons. The molecule has 4 heteroatoms. The van der Waals surface area contributed by atoms with Crippen molar-refractivity contribution in [2.75, 3.05) is 0 Å². The molecule has 0 aromatic heterocycles. The Balaban J connectivity index is 1.84. The number of fused-ring (bicyclic) bond motifs is 2. The van der Waals surface area contributed by atoms with Gasteiger partial charge in [-0.05, 0) is 30.7 Å². The number of carbonyl (C=O) groups excluding carboxylic acids is 3. The zero-order chi connectivity index (χ0) is 17.9. The van der Waals surface area contributed by atoms with Crippen molar-refractivity contribution in [3.8, 4) is 0 Å². The minimum absolute atomic E-state index is 0.00950. The number of benzene rings is 1. The molecule has 25 heavy (non-hydrogen) atoms. The first-order valence-electron chi connectivity index (χ1n) is 8.84. The predicted molar refractivity (Wildman–Crippen MR) is 91.7 cm³/mol. The highest BCUT2D eigenvalue weighted by atomic mass is 16.6. The van der Waals surface area contributed by atoms with Gasteiger partial charge in [-0.25, -0.2) is 0 Å². The van der Waals surface area contributed by atoms with E-state index >= 15 is 0 Å². The summed E-state index contributed by atoms with van der Waals surface area (Å²) >= 11 is 0. The number of ether oxygens (including phenoxy) is 1. The first-order chi connectivity index (χ1) is 11.8. The highest BCUT2D eigenvalue weighted by Crippen LogP contribution is 2.53. The second kappa shape index (κ2) is 5.38. The molecule has 1 aromatic carbocycles. The minimum atomic E-state index is -0.717. The van der Waals surface area contributed by atoms with Crippen molar-refractivity contribution in [3.63, 3.8) is 0 Å². The van der Waals surface area contributed by atoms with Crippen LogP contribution < -0.4 is 0 Å². The molecule has 2 aliphatic carbocycles. The SMILES string of the molecule is Cc1ccc([C@H]2CC3=C(C(=O)CC(C)(C)C3)[C@@H]3C(=O)OC(=O)[C@@H]32)cc1. The summed E-state index contributed by atoms with van der Waals surface area (Å²) in [5.74, 6) is -2.41. The monoisotopic (exact) mass is 338 g/mol. The molecule has 0 bridgehead atoms. The number of carbonyl (C=O) groups is 3. The average molecular weight is 338 g/mol. The molecule has 1 aromatic rings. The Morgan fingerprint density at radius 1 is 1.00 bits per heavy atom. The van der Waals surface area contributed by atoms with E-state index in [4.69, 9.17) is 4.74 Å². The Morgan fingerprint density at radius 2 is 1.68 bits per heavy atom. The molecule has 3 atom stereocenters. The van der Waals surface area contributed by atoms with Crippen LogP contribution >= 0.6 is 0 Å². The molecule has 0 N–H and O–H groups in total. The van der Waals surface area contributed by atoms with E-state index in [0.717, 1.165) is 23.1 Å². The van der Waals surface area contributed by atoms with Gasteiger partial charge in [-0.2, -0.15) is 0 Å². The van der Waals surface area contributed by atoms with Crippen LogP contribution in [0.25, 0.3) is 0 Å². The molecule has 0 radical (unpaired) electrons. The van der Waals surface area contributed by atoms with Crippen molar-refractivity contribution in [3.05, 3.63) is 46.5 Å². The van der Waals surface area contributed by atoms with E-state index < -0.39 is 23.8 Å². The lowest BCUT2D eigenvalue weighted by Gasteiger charge is -2.40. The third kappa shape index (κ3) is 2.55. The molecule has 3 aliphatic rings. The van der Waals surface area contributed by atoms with Gasteiger partial charge in [0.1, 0.15) is 0 Å². The van der Waals surface area contributed by atoms with Gasteiger partial charge in [0.25, 0.3) is 0 Å². The molecule has 1 fully saturated rings. The predicted octanol–water partition coefficient (Wildman–Crippen LogP) is 3.48. The molecule has 1 aliphatic heterocycles. The summed E-state index contributed by atoms with van der Waals surface area (Å²) in [4.78, 5) is 37.5. The van der Waals surface area contributed by atoms with Crippen LogP contribution in [0.2, 0.25) is 0 Å². The third-order valence-electron chi connectivity index (χ3n) is 5.82. The topological polar surface area (TPSA) is 60.4 Å². The van der Waals surface area contributed by atoms with E-state index in [0.29, 0.717) is 18.4 Å². The van der Waals surface area contributed by atoms with E-state index in [1.807, 2.05) is 31.2 Å². The van der Waals surface area contributed by atoms with Crippen molar-refractivity contribution in [1.29, 1.82) is 0 Å². The lowest BCUT2D eigenvalue weighted by atomic mass is 9.60. The normalized spacial score (nSPS) is 30.8. The summed E-state index contributed by atoms with van der Waals surface area (Å²) < 4.78 is 4.97. The Kier molecular flexibility index (Phi) is 3.50. The molecule has 0 unspecified atom stereocenters. The van der Waals surface area contributed by atoms with E-state index in [9.17, 15) is 14.4 Å². The number of ketones is 1. The van der Waals surface area contributed by atoms with Crippen LogP contribution in [0.5, 0.6) is 0 Å². The van der Waals surface area contributed by atoms with Crippen molar-refractivity contribution >= 4 is 17.7 Å². The van der Waals surface area contributed by atoms with Gasteiger partial charge in [0.15, 0.2) is 5.78 Å². The summed E-state index contributed by atoms with van der Waals surface area (Å²) in [5.41, 5.74) is 3.69. The smallest absolute Gasteiger partial charge is 0.322 e. The standard InChI is InChI=1S/C21H22O4/c1-11-4-6-12(7-5-11)14-8-13-9-21(2,3)10-15(22)16(13)18-17(14)19(23)25-20(18)24/h4-7,14,17-18H,8-10H2,1-3H3/t14-,17-,18+/m1/s1. The van der Waals surface area contributed by atoms with Crippen LogP contribution in [0.15, 0.2) is 35.4 Å². The number of rotatable bonds is 1. The van der Waals surface area contributed by atoms with Crippen LogP contribution in [-0.4, -0.2) is 17.7 Å². The number of allylic oxidation sites excluding steroid dienone is 1. The number of hydrogen-bond donors (Lipinski definition) is 0. The highest BCUT2D eigenvalue weighted by Gasteiger charge is 2.56. The fraction of sp³-hybridized carbons (Fsp3) is 0.476. The first-order valence-corrected chi connectivity index (χ1v) is 8.84. The number of hydrogen-bond acceptors (Lipinski definition) is 4. The lowest BCUT2D eigenvalue weighted by molar-refractivity contribution is -0.153. The van der Waals surface area contributed by atoms with Crippen molar-refractivity contribution in [2.45, 2.75) is 46.0 Å².